The molecule has 1 heterocycles. The molecule has 0 spiro atoms. The van der Waals surface area contributed by atoms with Crippen LogP contribution in [0.1, 0.15) is 35.7 Å². The Hall–Kier alpha value is -1.88. The van der Waals surface area contributed by atoms with Gasteiger partial charge in [0.2, 0.25) is 0 Å². The van der Waals surface area contributed by atoms with E-state index in [1.807, 2.05) is 44.3 Å². The number of amides is 1. The van der Waals surface area contributed by atoms with Crippen LogP contribution in [0.3, 0.4) is 0 Å². The van der Waals surface area contributed by atoms with Crippen LogP contribution < -0.4 is 10.2 Å². The molecule has 0 bridgehead atoms. The molecule has 0 aliphatic rings. The van der Waals surface area contributed by atoms with Crippen molar-refractivity contribution in [1.29, 1.82) is 0 Å². The minimum atomic E-state index is -0.151. The number of halogens is 1. The number of carbonyl (C=O) groups excluding carboxylic acids is 1. The van der Waals surface area contributed by atoms with Crippen molar-refractivity contribution in [2.24, 2.45) is 0 Å². The largest absolute Gasteiger partial charge is 0.360 e. The van der Waals surface area contributed by atoms with E-state index in [4.69, 9.17) is 0 Å². The third-order valence-electron chi connectivity index (χ3n) is 3.66. The lowest BCUT2D eigenvalue weighted by Crippen LogP contribution is -2.20. The average molecular weight is 376 g/mol. The van der Waals surface area contributed by atoms with Gasteiger partial charge in [0.25, 0.3) is 5.91 Å². The lowest BCUT2D eigenvalue weighted by molar-refractivity contribution is 0.102. The van der Waals surface area contributed by atoms with Crippen molar-refractivity contribution in [3.05, 3.63) is 52.1 Å². The highest BCUT2D eigenvalue weighted by molar-refractivity contribution is 9.10. The second-order valence-corrected chi connectivity index (χ2v) is 6.45. The zero-order valence-corrected chi connectivity index (χ0v) is 15.4. The van der Waals surface area contributed by atoms with Crippen molar-refractivity contribution in [1.82, 2.24) is 4.98 Å². The summed E-state index contributed by atoms with van der Waals surface area (Å²) in [5.41, 5.74) is 2.41. The molecular formula is C18H22BrN3O. The van der Waals surface area contributed by atoms with Crippen LogP contribution in [0.15, 0.2) is 41.0 Å². The molecule has 0 saturated heterocycles. The van der Waals surface area contributed by atoms with Crippen LogP contribution in [0.2, 0.25) is 0 Å². The Kier molecular flexibility index (Phi) is 6.16. The maximum Gasteiger partial charge on any atom is 0.257 e. The summed E-state index contributed by atoms with van der Waals surface area (Å²) in [5, 5.41) is 2.90. The maximum absolute atomic E-state index is 12.3. The number of nitrogens with zero attached hydrogens (tertiary/aromatic N) is 2. The van der Waals surface area contributed by atoms with Crippen molar-refractivity contribution in [3.63, 3.8) is 0 Å². The van der Waals surface area contributed by atoms with Crippen LogP contribution >= 0.6 is 15.9 Å². The Labute approximate surface area is 146 Å². The van der Waals surface area contributed by atoms with Crippen LogP contribution in [0.4, 0.5) is 11.5 Å². The molecule has 0 radical (unpaired) electrons. The number of hydrogen-bond donors (Lipinski definition) is 1. The molecule has 1 aromatic carbocycles. The predicted molar refractivity (Wildman–Crippen MR) is 99.2 cm³/mol. The highest BCUT2D eigenvalue weighted by Gasteiger charge is 2.09. The van der Waals surface area contributed by atoms with E-state index in [9.17, 15) is 4.79 Å². The third-order valence-corrected chi connectivity index (χ3v) is 4.55. The Morgan fingerprint density at radius 1 is 1.30 bits per heavy atom. The molecule has 0 fully saturated rings. The molecular weight excluding hydrogens is 354 g/mol. The lowest BCUT2D eigenvalue weighted by atomic mass is 10.2. The van der Waals surface area contributed by atoms with Crippen molar-refractivity contribution in [2.75, 3.05) is 23.8 Å². The SMILES string of the molecule is CCCCN(C)c1ccc(C(=O)Nc2ccc(Br)c(C)c2)cn1. The molecule has 0 saturated carbocycles. The molecule has 23 heavy (non-hydrogen) atoms. The van der Waals surface area contributed by atoms with Crippen LogP contribution in [-0.2, 0) is 0 Å². The van der Waals surface area contributed by atoms with Crippen molar-refractivity contribution in [2.45, 2.75) is 26.7 Å². The number of aryl methyl sites for hydroxylation is 1. The van der Waals surface area contributed by atoms with Crippen molar-refractivity contribution < 1.29 is 4.79 Å². The Morgan fingerprint density at radius 2 is 2.09 bits per heavy atom. The van der Waals surface area contributed by atoms with Gasteiger partial charge in [-0.25, -0.2) is 4.98 Å². The van der Waals surface area contributed by atoms with Gasteiger partial charge < -0.3 is 10.2 Å². The first-order valence-corrected chi connectivity index (χ1v) is 8.55. The van der Waals surface area contributed by atoms with E-state index in [2.05, 4.69) is 38.1 Å². The lowest BCUT2D eigenvalue weighted by Gasteiger charge is -2.17. The number of hydrogen-bond acceptors (Lipinski definition) is 3. The topological polar surface area (TPSA) is 45.2 Å². The maximum atomic E-state index is 12.3. The summed E-state index contributed by atoms with van der Waals surface area (Å²) >= 11 is 3.45. The molecule has 5 heteroatoms. The number of pyridine rings is 1. The van der Waals surface area contributed by atoms with Crippen LogP contribution in [0.5, 0.6) is 0 Å². The molecule has 0 unspecified atom stereocenters. The van der Waals surface area contributed by atoms with E-state index in [0.717, 1.165) is 40.9 Å². The number of aromatic nitrogens is 1. The molecule has 4 nitrogen and oxygen atoms in total. The molecule has 0 aliphatic heterocycles. The van der Waals surface area contributed by atoms with E-state index < -0.39 is 0 Å². The second kappa shape index (κ2) is 8.11. The summed E-state index contributed by atoms with van der Waals surface area (Å²) < 4.78 is 1.02. The minimum absolute atomic E-state index is 0.151. The number of carbonyl (C=O) groups is 1. The standard InChI is InChI=1S/C18H22BrN3O/c1-4-5-10-22(3)17-9-6-14(12-20-17)18(23)21-15-7-8-16(19)13(2)11-15/h6-9,11-12H,4-5,10H2,1-3H3,(H,21,23). The van der Waals surface area contributed by atoms with E-state index in [1.54, 1.807) is 6.20 Å². The minimum Gasteiger partial charge on any atom is -0.360 e. The molecule has 122 valence electrons. The van der Waals surface area contributed by atoms with Gasteiger partial charge in [-0.1, -0.05) is 29.3 Å². The first-order valence-electron chi connectivity index (χ1n) is 7.76. The summed E-state index contributed by atoms with van der Waals surface area (Å²) in [6.07, 6.45) is 3.90. The highest BCUT2D eigenvalue weighted by atomic mass is 79.9. The van der Waals surface area contributed by atoms with Gasteiger partial charge in [-0.2, -0.15) is 0 Å². The van der Waals surface area contributed by atoms with Gasteiger partial charge in [0, 0.05) is 29.9 Å². The summed E-state index contributed by atoms with van der Waals surface area (Å²) in [4.78, 5) is 18.8. The van der Waals surface area contributed by atoms with Gasteiger partial charge in [-0.3, -0.25) is 4.79 Å². The molecule has 1 N–H and O–H groups in total. The van der Waals surface area contributed by atoms with E-state index in [-0.39, 0.29) is 5.91 Å². The fourth-order valence-electron chi connectivity index (χ4n) is 2.18. The van der Waals surface area contributed by atoms with E-state index >= 15 is 0 Å². The number of benzene rings is 1. The molecule has 2 aromatic rings. The molecule has 1 aromatic heterocycles. The summed E-state index contributed by atoms with van der Waals surface area (Å²) in [7, 11) is 2.02. The quantitative estimate of drug-likeness (QED) is 0.799. The smallest absolute Gasteiger partial charge is 0.257 e. The third kappa shape index (κ3) is 4.79. The van der Waals surface area contributed by atoms with Crippen molar-refractivity contribution >= 4 is 33.3 Å². The van der Waals surface area contributed by atoms with Gasteiger partial charge in [-0.15, -0.1) is 0 Å². The summed E-state index contributed by atoms with van der Waals surface area (Å²) in [6, 6.07) is 9.43. The Balaban J connectivity index is 2.03. The molecule has 2 rings (SSSR count). The van der Waals surface area contributed by atoms with E-state index in [0.29, 0.717) is 5.56 Å². The van der Waals surface area contributed by atoms with Crippen LogP contribution in [0, 0.1) is 6.92 Å². The van der Waals surface area contributed by atoms with Gasteiger partial charge in [0.1, 0.15) is 5.82 Å². The average Bonchev–Trinajstić information content (AvgIpc) is 2.56. The number of nitrogens with one attached hydrogen (secondary N) is 1. The van der Waals surface area contributed by atoms with Gasteiger partial charge in [-0.05, 0) is 49.2 Å². The van der Waals surface area contributed by atoms with Crippen LogP contribution in [-0.4, -0.2) is 24.5 Å². The van der Waals surface area contributed by atoms with Crippen molar-refractivity contribution in [3.8, 4) is 0 Å². The second-order valence-electron chi connectivity index (χ2n) is 5.60. The highest BCUT2D eigenvalue weighted by Crippen LogP contribution is 2.20. The first-order chi connectivity index (χ1) is 11.0. The zero-order valence-electron chi connectivity index (χ0n) is 13.8. The summed E-state index contributed by atoms with van der Waals surface area (Å²) in [5.74, 6) is 0.733. The number of rotatable bonds is 6. The van der Waals surface area contributed by atoms with Gasteiger partial charge in [0.05, 0.1) is 5.56 Å². The Bertz CT molecular complexity index is 670. The molecule has 0 aliphatic carbocycles. The molecule has 0 atom stereocenters. The van der Waals surface area contributed by atoms with Gasteiger partial charge in [0.15, 0.2) is 0 Å². The monoisotopic (exact) mass is 375 g/mol. The van der Waals surface area contributed by atoms with Crippen LogP contribution in [0.25, 0.3) is 0 Å². The fraction of sp³-hybridized carbons (Fsp3) is 0.333. The fourth-order valence-corrected chi connectivity index (χ4v) is 2.43. The molecule has 1 amide bonds. The first kappa shape index (κ1) is 17.5. The number of anilines is 2. The zero-order chi connectivity index (χ0) is 16.8. The summed E-state index contributed by atoms with van der Waals surface area (Å²) in [6.45, 7) is 5.12. The normalized spacial score (nSPS) is 10.4. The predicted octanol–water partition coefficient (Wildman–Crippen LogP) is 4.64. The van der Waals surface area contributed by atoms with E-state index in [1.165, 1.54) is 0 Å². The Morgan fingerprint density at radius 3 is 2.70 bits per heavy atom. The van der Waals surface area contributed by atoms with Gasteiger partial charge >= 0.3 is 0 Å². The number of unbranched alkanes of at least 4 members (excludes halogenated alkanes) is 1.